The number of methoxy groups -OCH3 is 1. The Morgan fingerprint density at radius 2 is 2.33 bits per heavy atom. The molecule has 0 aromatic carbocycles. The number of ether oxygens (including phenoxy) is 1. The molecule has 0 bridgehead atoms. The Labute approximate surface area is 51.9 Å². The van der Waals surface area contributed by atoms with Gasteiger partial charge in [-0.25, -0.2) is 10.7 Å². The van der Waals surface area contributed by atoms with E-state index in [0.29, 0.717) is 0 Å². The summed E-state index contributed by atoms with van der Waals surface area (Å²) in [6.45, 7) is 0. The average molecular weight is 123 g/mol. The third-order valence-corrected chi connectivity index (χ3v) is 0.613. The maximum Gasteiger partial charge on any atom is 0.354 e. The van der Waals surface area contributed by atoms with Crippen molar-refractivity contribution in [2.45, 2.75) is 0 Å². The zero-order valence-electron chi connectivity index (χ0n) is 4.71. The lowest BCUT2D eigenvalue weighted by Gasteiger charge is -1.91. The van der Waals surface area contributed by atoms with Crippen LogP contribution in [0.25, 0.3) is 5.41 Å². The van der Waals surface area contributed by atoms with E-state index in [1.165, 1.54) is 11.9 Å². The lowest BCUT2D eigenvalue weighted by atomic mass is 10.3. The van der Waals surface area contributed by atoms with Gasteiger partial charge >= 0.3 is 5.97 Å². The number of rotatable bonds is 1. The second kappa shape index (κ2) is 3.42. The summed E-state index contributed by atoms with van der Waals surface area (Å²) >= 11 is 0. The fourth-order valence-corrected chi connectivity index (χ4v) is 0.218. The molecule has 0 saturated carbocycles. The minimum absolute atomic E-state index is 0.530. The van der Waals surface area contributed by atoms with E-state index in [-0.39, 0.29) is 0 Å². The van der Waals surface area contributed by atoms with Gasteiger partial charge < -0.3 is 10.1 Å². The Kier molecular flexibility index (Phi) is 2.81. The molecule has 0 rings (SSSR count). The van der Waals surface area contributed by atoms with Crippen molar-refractivity contribution in [3.05, 3.63) is 11.0 Å². The van der Waals surface area contributed by atoms with E-state index in [9.17, 15) is 4.79 Å². The van der Waals surface area contributed by atoms with Gasteiger partial charge in [-0.15, -0.1) is 0 Å². The molecule has 0 heterocycles. The van der Waals surface area contributed by atoms with Gasteiger partial charge in [-0.05, 0) is 0 Å². The van der Waals surface area contributed by atoms with E-state index in [1.54, 1.807) is 0 Å². The van der Waals surface area contributed by atoms with E-state index >= 15 is 0 Å². The van der Waals surface area contributed by atoms with Crippen LogP contribution < -0.4 is 0 Å². The van der Waals surface area contributed by atoms with Crippen molar-refractivity contribution in [3.63, 3.8) is 0 Å². The number of esters is 1. The number of hydrogen-bond acceptors (Lipinski definition) is 3. The summed E-state index contributed by atoms with van der Waals surface area (Å²) in [4.78, 5) is 10.3. The average Bonchev–Trinajstić information content (AvgIpc) is 1.90. The monoisotopic (exact) mass is 123 g/mol. The van der Waals surface area contributed by atoms with Crippen molar-refractivity contribution in [2.24, 2.45) is 0 Å². The summed E-state index contributed by atoms with van der Waals surface area (Å²) in [5.41, 5.74) is -0.530. The van der Waals surface area contributed by atoms with Crippen LogP contribution in [0.1, 0.15) is 0 Å². The molecule has 9 heavy (non-hydrogen) atoms. The van der Waals surface area contributed by atoms with Gasteiger partial charge in [0.05, 0.1) is 7.11 Å². The van der Waals surface area contributed by atoms with Crippen molar-refractivity contribution in [1.29, 1.82) is 5.26 Å². The molecule has 46 valence electrons. The van der Waals surface area contributed by atoms with Crippen molar-refractivity contribution < 1.29 is 9.53 Å². The van der Waals surface area contributed by atoms with Crippen LogP contribution in [0.2, 0.25) is 0 Å². The largest absolute Gasteiger partial charge is 0.762 e. The summed E-state index contributed by atoms with van der Waals surface area (Å²) in [5, 5.41) is 16.0. The molecule has 4 nitrogen and oxygen atoms in total. The number of nitrogens with zero attached hydrogens (tertiary/aromatic N) is 2. The molecule has 0 aromatic heterocycles. The fourth-order valence-electron chi connectivity index (χ4n) is 0.218. The molecule has 0 saturated heterocycles. The highest BCUT2D eigenvalue weighted by Gasteiger charge is 2.03. The Bertz CT molecular complexity index is 207. The van der Waals surface area contributed by atoms with E-state index in [1.807, 2.05) is 0 Å². The summed E-state index contributed by atoms with van der Waals surface area (Å²) < 4.78 is 4.07. The van der Waals surface area contributed by atoms with Gasteiger partial charge in [-0.2, -0.15) is 5.26 Å². The SMILES string of the molecule is COC(=O)C(=C=[N-])C#N. The van der Waals surface area contributed by atoms with Gasteiger partial charge in [-0.1, -0.05) is 0 Å². The molecule has 0 radical (unpaired) electrons. The molecule has 0 N–H and O–H groups in total. The van der Waals surface area contributed by atoms with E-state index < -0.39 is 11.5 Å². The highest BCUT2D eigenvalue weighted by Crippen LogP contribution is 1.86. The Hall–Kier alpha value is -1.59. The number of carbonyl (C=O) groups excluding carboxylic acids is 1. The summed E-state index contributed by atoms with van der Waals surface area (Å²) in [6, 6.07) is 1.38. The lowest BCUT2D eigenvalue weighted by Crippen LogP contribution is -2.02. The first-order valence-corrected chi connectivity index (χ1v) is 2.01. The molecule has 0 unspecified atom stereocenters. The maximum atomic E-state index is 10.3. The van der Waals surface area contributed by atoms with Gasteiger partial charge in [0.15, 0.2) is 5.57 Å². The van der Waals surface area contributed by atoms with E-state index in [0.717, 1.165) is 7.11 Å². The minimum Gasteiger partial charge on any atom is -0.762 e. The Morgan fingerprint density at radius 3 is 2.44 bits per heavy atom. The third kappa shape index (κ3) is 1.76. The normalized spacial score (nSPS) is 6.67. The molecule has 0 fully saturated rings. The van der Waals surface area contributed by atoms with Crippen LogP contribution in [0.4, 0.5) is 0 Å². The van der Waals surface area contributed by atoms with Crippen LogP contribution in [-0.4, -0.2) is 18.9 Å². The smallest absolute Gasteiger partial charge is 0.354 e. The molecule has 0 aliphatic heterocycles. The predicted molar refractivity (Wildman–Crippen MR) is 29.5 cm³/mol. The van der Waals surface area contributed by atoms with Crippen molar-refractivity contribution >= 4 is 11.8 Å². The number of hydrogen-bond donors (Lipinski definition) is 0. The highest BCUT2D eigenvalue weighted by molar-refractivity contribution is 6.02. The van der Waals surface area contributed by atoms with Crippen molar-refractivity contribution in [2.75, 3.05) is 7.11 Å². The number of carbonyl (C=O) groups is 1. The quantitative estimate of drug-likeness (QED) is 0.210. The molecule has 0 amide bonds. The van der Waals surface area contributed by atoms with Crippen LogP contribution in [-0.2, 0) is 9.53 Å². The second-order valence-electron chi connectivity index (χ2n) is 1.09. The molecule has 4 heteroatoms. The minimum atomic E-state index is -0.889. The molecule has 0 aliphatic carbocycles. The van der Waals surface area contributed by atoms with Crippen LogP contribution in [0.15, 0.2) is 5.57 Å². The Morgan fingerprint density at radius 1 is 1.78 bits per heavy atom. The topological polar surface area (TPSA) is 72.4 Å². The molecular weight excluding hydrogens is 120 g/mol. The molecule has 0 aromatic rings. The number of nitriles is 1. The van der Waals surface area contributed by atoms with Crippen LogP contribution >= 0.6 is 0 Å². The predicted octanol–water partition coefficient (Wildman–Crippen LogP) is -0.152. The van der Waals surface area contributed by atoms with Crippen molar-refractivity contribution in [1.82, 2.24) is 0 Å². The van der Waals surface area contributed by atoms with Gasteiger partial charge in [0.25, 0.3) is 0 Å². The molecule has 0 spiro atoms. The van der Waals surface area contributed by atoms with Crippen LogP contribution in [0.3, 0.4) is 0 Å². The standard InChI is InChI=1S/C5H3N2O2/c1-9-5(8)4(2-6)3-7/h1H3/q-1. The third-order valence-electron chi connectivity index (χ3n) is 0.613. The first kappa shape index (κ1) is 7.41. The van der Waals surface area contributed by atoms with Gasteiger partial charge in [0.1, 0.15) is 6.07 Å². The molecule has 0 aliphatic rings. The van der Waals surface area contributed by atoms with Gasteiger partial charge in [0.2, 0.25) is 0 Å². The maximum absolute atomic E-state index is 10.3. The van der Waals surface area contributed by atoms with Gasteiger partial charge in [0, 0.05) is 0 Å². The van der Waals surface area contributed by atoms with Crippen LogP contribution in [0.5, 0.6) is 0 Å². The summed E-state index contributed by atoms with van der Waals surface area (Å²) in [6.07, 6.45) is 0. The zero-order valence-corrected chi connectivity index (χ0v) is 4.71. The summed E-state index contributed by atoms with van der Waals surface area (Å²) in [5.74, 6) is 0.495. The zero-order chi connectivity index (χ0) is 7.28. The first-order chi connectivity index (χ1) is 4.26. The van der Waals surface area contributed by atoms with E-state index in [2.05, 4.69) is 4.74 Å². The highest BCUT2D eigenvalue weighted by atomic mass is 16.5. The van der Waals surface area contributed by atoms with Crippen LogP contribution in [0, 0.1) is 11.3 Å². The summed E-state index contributed by atoms with van der Waals surface area (Å²) in [7, 11) is 1.11. The Balaban J connectivity index is 4.39. The fraction of sp³-hybridized carbons (Fsp3) is 0.200. The van der Waals surface area contributed by atoms with Crippen molar-refractivity contribution in [3.8, 4) is 6.07 Å². The molecular formula is C5H3N2O2-. The molecule has 0 atom stereocenters. The van der Waals surface area contributed by atoms with E-state index in [4.69, 9.17) is 10.7 Å². The lowest BCUT2D eigenvalue weighted by molar-refractivity contribution is -0.135. The second-order valence-corrected chi connectivity index (χ2v) is 1.09. The first-order valence-electron chi connectivity index (χ1n) is 2.01. The van der Waals surface area contributed by atoms with Gasteiger partial charge in [-0.3, -0.25) is 0 Å².